The van der Waals surface area contributed by atoms with Gasteiger partial charge in [0.1, 0.15) is 0 Å². The summed E-state index contributed by atoms with van der Waals surface area (Å²) in [6, 6.07) is 0. The Kier molecular flexibility index (Phi) is 2.94. The molecular weight excluding hydrogens is 244 g/mol. The van der Waals surface area contributed by atoms with Gasteiger partial charge in [0.15, 0.2) is 0 Å². The first-order chi connectivity index (χ1) is 8.64. The minimum Gasteiger partial charge on any atom is -0.333 e. The molecule has 2 aliphatic rings. The summed E-state index contributed by atoms with van der Waals surface area (Å²) in [5, 5.41) is 5.41. The first-order valence-electron chi connectivity index (χ1n) is 6.71. The molecule has 2 saturated heterocycles. The lowest BCUT2D eigenvalue weighted by Gasteiger charge is -2.55. The van der Waals surface area contributed by atoms with Gasteiger partial charge in [0, 0.05) is 22.3 Å². The van der Waals surface area contributed by atoms with E-state index in [1.54, 1.807) is 11.3 Å². The maximum atomic E-state index is 12.6. The van der Waals surface area contributed by atoms with Crippen LogP contribution >= 0.6 is 11.3 Å². The Hall–Kier alpha value is -0.870. The number of piperidine rings is 1. The van der Waals surface area contributed by atoms with Gasteiger partial charge in [-0.25, -0.2) is 0 Å². The minimum atomic E-state index is 0.171. The SMILES string of the molecule is Cc1scc(C(=O)N2CCC23CCNCC3)c1C. The van der Waals surface area contributed by atoms with Crippen LogP contribution in [0.2, 0.25) is 0 Å². The number of thiophene rings is 1. The Bertz CT molecular complexity index is 474. The summed E-state index contributed by atoms with van der Waals surface area (Å²) in [5.74, 6) is 0.255. The number of amides is 1. The lowest BCUT2D eigenvalue weighted by molar-refractivity contribution is -0.0194. The minimum absolute atomic E-state index is 0.171. The summed E-state index contributed by atoms with van der Waals surface area (Å²) in [5.41, 5.74) is 2.26. The maximum absolute atomic E-state index is 12.6. The van der Waals surface area contributed by atoms with Crippen LogP contribution in [0.4, 0.5) is 0 Å². The third-order valence-electron chi connectivity index (χ3n) is 4.67. The summed E-state index contributed by atoms with van der Waals surface area (Å²) < 4.78 is 0. The molecule has 1 N–H and O–H groups in total. The number of carbonyl (C=O) groups is 1. The molecule has 0 aliphatic carbocycles. The van der Waals surface area contributed by atoms with E-state index in [2.05, 4.69) is 24.1 Å². The molecule has 0 bridgehead atoms. The van der Waals surface area contributed by atoms with Gasteiger partial charge in [-0.1, -0.05) is 0 Å². The van der Waals surface area contributed by atoms with Gasteiger partial charge in [0.25, 0.3) is 5.91 Å². The number of rotatable bonds is 1. The molecule has 2 aliphatic heterocycles. The van der Waals surface area contributed by atoms with Gasteiger partial charge >= 0.3 is 0 Å². The van der Waals surface area contributed by atoms with Gasteiger partial charge < -0.3 is 10.2 Å². The van der Waals surface area contributed by atoms with Crippen LogP contribution in [0.3, 0.4) is 0 Å². The van der Waals surface area contributed by atoms with Crippen molar-refractivity contribution < 1.29 is 4.79 Å². The topological polar surface area (TPSA) is 32.3 Å². The number of hydrogen-bond acceptors (Lipinski definition) is 3. The van der Waals surface area contributed by atoms with Crippen molar-refractivity contribution in [3.8, 4) is 0 Å². The van der Waals surface area contributed by atoms with E-state index in [0.717, 1.165) is 38.0 Å². The third kappa shape index (κ3) is 1.70. The number of aryl methyl sites for hydroxylation is 1. The van der Waals surface area contributed by atoms with Crippen molar-refractivity contribution in [3.63, 3.8) is 0 Å². The average molecular weight is 264 g/mol. The first-order valence-corrected chi connectivity index (χ1v) is 7.59. The quantitative estimate of drug-likeness (QED) is 0.844. The molecule has 3 heterocycles. The summed E-state index contributed by atoms with van der Waals surface area (Å²) in [6.07, 6.45) is 3.41. The maximum Gasteiger partial charge on any atom is 0.255 e. The molecule has 4 heteroatoms. The van der Waals surface area contributed by atoms with E-state index in [-0.39, 0.29) is 11.4 Å². The van der Waals surface area contributed by atoms with Crippen LogP contribution in [-0.4, -0.2) is 36.0 Å². The zero-order chi connectivity index (χ0) is 12.8. The molecule has 3 nitrogen and oxygen atoms in total. The smallest absolute Gasteiger partial charge is 0.255 e. The van der Waals surface area contributed by atoms with Crippen molar-refractivity contribution in [1.29, 1.82) is 0 Å². The lowest BCUT2D eigenvalue weighted by atomic mass is 9.76. The number of nitrogens with one attached hydrogen (secondary N) is 1. The second-order valence-corrected chi connectivity index (χ2v) is 6.60. The third-order valence-corrected chi connectivity index (χ3v) is 5.68. The molecule has 0 saturated carbocycles. The standard InChI is InChI=1S/C14H20N2OS/c1-10-11(2)18-9-12(10)13(17)16-8-5-14(16)3-6-15-7-4-14/h9,15H,3-8H2,1-2H3. The predicted molar refractivity (Wildman–Crippen MR) is 74.3 cm³/mol. The van der Waals surface area contributed by atoms with Crippen LogP contribution in [0.5, 0.6) is 0 Å². The summed E-state index contributed by atoms with van der Waals surface area (Å²) >= 11 is 1.69. The Morgan fingerprint density at radius 1 is 1.33 bits per heavy atom. The summed E-state index contributed by atoms with van der Waals surface area (Å²) in [4.78, 5) is 16.0. The van der Waals surface area contributed by atoms with Crippen LogP contribution in [0.15, 0.2) is 5.38 Å². The van der Waals surface area contributed by atoms with Crippen molar-refractivity contribution in [2.24, 2.45) is 0 Å². The second kappa shape index (κ2) is 4.35. The monoisotopic (exact) mass is 264 g/mol. The second-order valence-electron chi connectivity index (χ2n) is 5.51. The Balaban J connectivity index is 1.83. The highest BCUT2D eigenvalue weighted by Crippen LogP contribution is 2.40. The molecule has 2 fully saturated rings. The number of nitrogens with zero attached hydrogens (tertiary/aromatic N) is 1. The van der Waals surface area contributed by atoms with Gasteiger partial charge in [-0.2, -0.15) is 0 Å². The fourth-order valence-electron chi connectivity index (χ4n) is 3.14. The van der Waals surface area contributed by atoms with E-state index in [0.29, 0.717) is 0 Å². The molecule has 0 radical (unpaired) electrons. The van der Waals surface area contributed by atoms with Crippen LogP contribution in [-0.2, 0) is 0 Å². The van der Waals surface area contributed by atoms with Crippen LogP contribution in [0.1, 0.15) is 40.1 Å². The van der Waals surface area contributed by atoms with Crippen LogP contribution in [0, 0.1) is 13.8 Å². The molecule has 1 aromatic rings. The molecule has 0 unspecified atom stereocenters. The number of carbonyl (C=O) groups excluding carboxylic acids is 1. The largest absolute Gasteiger partial charge is 0.333 e. The van der Waals surface area contributed by atoms with Gasteiger partial charge in [-0.15, -0.1) is 11.3 Å². The fraction of sp³-hybridized carbons (Fsp3) is 0.643. The van der Waals surface area contributed by atoms with E-state index in [1.165, 1.54) is 16.9 Å². The first kappa shape index (κ1) is 12.2. The van der Waals surface area contributed by atoms with Crippen molar-refractivity contribution >= 4 is 17.2 Å². The van der Waals surface area contributed by atoms with E-state index >= 15 is 0 Å². The van der Waals surface area contributed by atoms with Crippen molar-refractivity contribution in [2.45, 2.75) is 38.6 Å². The highest BCUT2D eigenvalue weighted by Gasteiger charge is 2.47. The van der Waals surface area contributed by atoms with Crippen molar-refractivity contribution in [1.82, 2.24) is 10.2 Å². The van der Waals surface area contributed by atoms with E-state index in [4.69, 9.17) is 0 Å². The van der Waals surface area contributed by atoms with Crippen molar-refractivity contribution in [3.05, 3.63) is 21.4 Å². The summed E-state index contributed by atoms with van der Waals surface area (Å²) in [7, 11) is 0. The Morgan fingerprint density at radius 3 is 2.56 bits per heavy atom. The molecule has 98 valence electrons. The normalized spacial score (nSPS) is 22.0. The van der Waals surface area contributed by atoms with Gasteiger partial charge in [-0.3, -0.25) is 4.79 Å². The van der Waals surface area contributed by atoms with Crippen molar-refractivity contribution in [2.75, 3.05) is 19.6 Å². The molecule has 1 spiro atoms. The van der Waals surface area contributed by atoms with Crippen LogP contribution in [0.25, 0.3) is 0 Å². The molecule has 18 heavy (non-hydrogen) atoms. The predicted octanol–water partition coefficient (Wildman–Crippen LogP) is 2.33. The van der Waals surface area contributed by atoms with Gasteiger partial charge in [0.05, 0.1) is 5.56 Å². The van der Waals surface area contributed by atoms with Gasteiger partial charge in [0.2, 0.25) is 0 Å². The van der Waals surface area contributed by atoms with E-state index < -0.39 is 0 Å². The number of likely N-dealkylation sites (tertiary alicyclic amines) is 1. The Morgan fingerprint density at radius 2 is 2.06 bits per heavy atom. The molecular formula is C14H20N2OS. The van der Waals surface area contributed by atoms with Gasteiger partial charge in [-0.05, 0) is 51.8 Å². The highest BCUT2D eigenvalue weighted by molar-refractivity contribution is 7.10. The van der Waals surface area contributed by atoms with E-state index in [1.807, 2.05) is 5.38 Å². The Labute approximate surface area is 112 Å². The summed E-state index contributed by atoms with van der Waals surface area (Å²) in [6.45, 7) is 7.19. The van der Waals surface area contributed by atoms with Crippen LogP contribution < -0.4 is 5.32 Å². The average Bonchev–Trinajstić information content (AvgIpc) is 2.70. The molecule has 1 aromatic heterocycles. The molecule has 0 atom stereocenters. The van der Waals surface area contributed by atoms with E-state index in [9.17, 15) is 4.79 Å². The molecule has 3 rings (SSSR count). The number of hydrogen-bond donors (Lipinski definition) is 1. The molecule has 0 aromatic carbocycles. The highest BCUT2D eigenvalue weighted by atomic mass is 32.1. The molecule has 1 amide bonds. The fourth-order valence-corrected chi connectivity index (χ4v) is 4.00. The zero-order valence-electron chi connectivity index (χ0n) is 11.1. The lowest BCUT2D eigenvalue weighted by Crippen LogP contribution is -2.65. The zero-order valence-corrected chi connectivity index (χ0v) is 11.9.